The molecule has 0 bridgehead atoms. The first-order valence-corrected chi connectivity index (χ1v) is 7.37. The molecule has 0 aromatic rings. The molecule has 1 atom stereocenters. The highest BCUT2D eigenvalue weighted by atomic mass is 16.5. The SMILES string of the molecule is CCCOCCC.O=C(O)CC(O)C(=O)O.OCCOCCO. The Morgan fingerprint density at radius 3 is 1.48 bits per heavy atom. The van der Waals surface area contributed by atoms with Gasteiger partial charge in [-0.25, -0.2) is 4.79 Å². The minimum absolute atomic E-state index is 0.0278. The number of aliphatic hydroxyl groups excluding tert-OH is 3. The lowest BCUT2D eigenvalue weighted by Gasteiger charge is -1.97. The summed E-state index contributed by atoms with van der Waals surface area (Å²) in [7, 11) is 0. The van der Waals surface area contributed by atoms with Crippen molar-refractivity contribution in [3.63, 3.8) is 0 Å². The summed E-state index contributed by atoms with van der Waals surface area (Å²) in [6.45, 7) is 6.79. The van der Waals surface area contributed by atoms with Gasteiger partial charge in [-0.3, -0.25) is 4.79 Å². The van der Waals surface area contributed by atoms with Gasteiger partial charge in [-0.05, 0) is 12.8 Å². The zero-order valence-electron chi connectivity index (χ0n) is 13.8. The zero-order valence-corrected chi connectivity index (χ0v) is 13.8. The van der Waals surface area contributed by atoms with Crippen molar-refractivity contribution in [1.82, 2.24) is 0 Å². The van der Waals surface area contributed by atoms with Crippen molar-refractivity contribution in [2.45, 2.75) is 39.2 Å². The molecule has 0 fully saturated rings. The fourth-order valence-electron chi connectivity index (χ4n) is 0.875. The Morgan fingerprint density at radius 2 is 1.26 bits per heavy atom. The van der Waals surface area contributed by atoms with E-state index in [-0.39, 0.29) is 13.2 Å². The monoisotopic (exact) mass is 342 g/mol. The lowest BCUT2D eigenvalue weighted by atomic mass is 10.3. The Labute approximate surface area is 136 Å². The average molecular weight is 342 g/mol. The second-order valence-electron chi connectivity index (χ2n) is 4.12. The smallest absolute Gasteiger partial charge is 0.333 e. The molecule has 0 saturated carbocycles. The van der Waals surface area contributed by atoms with Gasteiger partial charge in [-0.1, -0.05) is 13.8 Å². The largest absolute Gasteiger partial charge is 0.481 e. The predicted molar refractivity (Wildman–Crippen MR) is 82.3 cm³/mol. The van der Waals surface area contributed by atoms with Crippen LogP contribution in [0.1, 0.15) is 33.1 Å². The van der Waals surface area contributed by atoms with E-state index in [0.717, 1.165) is 26.1 Å². The summed E-state index contributed by atoms with van der Waals surface area (Å²) < 4.78 is 9.76. The minimum atomic E-state index is -1.79. The van der Waals surface area contributed by atoms with Crippen LogP contribution in [-0.4, -0.2) is 83.2 Å². The maximum atomic E-state index is 9.72. The molecular weight excluding hydrogens is 312 g/mol. The molecule has 0 aliphatic rings. The van der Waals surface area contributed by atoms with E-state index < -0.39 is 24.5 Å². The van der Waals surface area contributed by atoms with Crippen LogP contribution < -0.4 is 0 Å². The van der Waals surface area contributed by atoms with E-state index in [4.69, 9.17) is 30.3 Å². The number of carboxylic acids is 2. The van der Waals surface area contributed by atoms with Crippen LogP contribution in [0.15, 0.2) is 0 Å². The highest BCUT2D eigenvalue weighted by Gasteiger charge is 2.16. The van der Waals surface area contributed by atoms with Crippen LogP contribution in [0.3, 0.4) is 0 Å². The van der Waals surface area contributed by atoms with E-state index >= 15 is 0 Å². The molecule has 0 rings (SSSR count). The Balaban J connectivity index is -0.000000264. The number of hydrogen-bond acceptors (Lipinski definition) is 7. The van der Waals surface area contributed by atoms with Crippen LogP contribution in [0.25, 0.3) is 0 Å². The molecule has 0 spiro atoms. The molecule has 0 aliphatic heterocycles. The Bertz CT molecular complexity index is 241. The number of carboxylic acid groups (broad SMARTS) is 2. The maximum absolute atomic E-state index is 9.72. The third kappa shape index (κ3) is 33.5. The van der Waals surface area contributed by atoms with Gasteiger partial charge in [0.15, 0.2) is 6.10 Å². The number of ether oxygens (including phenoxy) is 2. The van der Waals surface area contributed by atoms with Crippen molar-refractivity contribution in [2.75, 3.05) is 39.6 Å². The van der Waals surface area contributed by atoms with E-state index in [1.165, 1.54) is 0 Å². The van der Waals surface area contributed by atoms with E-state index in [9.17, 15) is 9.59 Å². The lowest BCUT2D eigenvalue weighted by molar-refractivity contribution is -0.152. The molecule has 140 valence electrons. The number of hydrogen-bond donors (Lipinski definition) is 5. The van der Waals surface area contributed by atoms with Gasteiger partial charge in [-0.2, -0.15) is 0 Å². The highest BCUT2D eigenvalue weighted by molar-refractivity contribution is 5.79. The molecule has 9 heteroatoms. The van der Waals surface area contributed by atoms with Crippen molar-refractivity contribution in [1.29, 1.82) is 0 Å². The fourth-order valence-corrected chi connectivity index (χ4v) is 0.875. The molecule has 5 N–H and O–H groups in total. The quantitative estimate of drug-likeness (QED) is 0.319. The molecule has 0 amide bonds. The van der Waals surface area contributed by atoms with Gasteiger partial charge < -0.3 is 35.0 Å². The average Bonchev–Trinajstić information content (AvgIpc) is 2.49. The Hall–Kier alpha value is -1.26. The number of aliphatic hydroxyl groups is 3. The van der Waals surface area contributed by atoms with Gasteiger partial charge in [0.2, 0.25) is 0 Å². The second kappa shape index (κ2) is 23.0. The first-order chi connectivity index (χ1) is 10.9. The van der Waals surface area contributed by atoms with Crippen LogP contribution in [-0.2, 0) is 19.1 Å². The van der Waals surface area contributed by atoms with Crippen molar-refractivity contribution in [3.05, 3.63) is 0 Å². The summed E-state index contributed by atoms with van der Waals surface area (Å²) in [5.41, 5.74) is 0. The lowest BCUT2D eigenvalue weighted by Crippen LogP contribution is -2.22. The topological polar surface area (TPSA) is 154 Å². The number of carbonyl (C=O) groups is 2. The van der Waals surface area contributed by atoms with E-state index in [1.54, 1.807) is 0 Å². The molecule has 0 aromatic carbocycles. The van der Waals surface area contributed by atoms with Crippen molar-refractivity contribution >= 4 is 11.9 Å². The van der Waals surface area contributed by atoms with E-state index in [0.29, 0.717) is 13.2 Å². The molecular formula is C14H30O9. The van der Waals surface area contributed by atoms with Crippen LogP contribution in [0.2, 0.25) is 0 Å². The Kier molecular flexibility index (Phi) is 26.6. The third-order valence-corrected chi connectivity index (χ3v) is 1.82. The predicted octanol–water partition coefficient (Wildman–Crippen LogP) is -0.283. The molecule has 23 heavy (non-hydrogen) atoms. The van der Waals surface area contributed by atoms with Gasteiger partial charge in [0.1, 0.15) is 0 Å². The fraction of sp³-hybridized carbons (Fsp3) is 0.857. The molecule has 1 unspecified atom stereocenters. The van der Waals surface area contributed by atoms with Crippen molar-refractivity contribution in [3.8, 4) is 0 Å². The first-order valence-electron chi connectivity index (χ1n) is 7.37. The van der Waals surface area contributed by atoms with E-state index in [1.807, 2.05) is 0 Å². The van der Waals surface area contributed by atoms with Crippen LogP contribution >= 0.6 is 0 Å². The summed E-state index contributed by atoms with van der Waals surface area (Å²) in [5, 5.41) is 40.3. The summed E-state index contributed by atoms with van der Waals surface area (Å²) in [6.07, 6.45) is -0.266. The van der Waals surface area contributed by atoms with Crippen molar-refractivity contribution < 1.29 is 44.6 Å². The van der Waals surface area contributed by atoms with Gasteiger partial charge in [0.25, 0.3) is 0 Å². The standard InChI is InChI=1S/C6H14O.C4H6O5.C4H10O3/c1-3-5-7-6-4-2;5-2(4(8)9)1-3(6)7;5-1-3-7-4-2-6/h3-6H2,1-2H3;2,5H,1H2,(H,6,7)(H,8,9);5-6H,1-4H2. The van der Waals surface area contributed by atoms with Crippen LogP contribution in [0.5, 0.6) is 0 Å². The summed E-state index contributed by atoms with van der Waals surface area (Å²) in [4.78, 5) is 19.4. The number of aliphatic carboxylic acids is 2. The molecule has 0 saturated heterocycles. The summed E-state index contributed by atoms with van der Waals surface area (Å²) >= 11 is 0. The van der Waals surface area contributed by atoms with Gasteiger partial charge >= 0.3 is 11.9 Å². The van der Waals surface area contributed by atoms with Gasteiger partial charge in [0, 0.05) is 13.2 Å². The Morgan fingerprint density at radius 1 is 0.870 bits per heavy atom. The second-order valence-corrected chi connectivity index (χ2v) is 4.12. The van der Waals surface area contributed by atoms with Gasteiger partial charge in [-0.15, -0.1) is 0 Å². The third-order valence-electron chi connectivity index (χ3n) is 1.82. The molecule has 0 aliphatic carbocycles. The highest BCUT2D eigenvalue weighted by Crippen LogP contribution is 1.89. The minimum Gasteiger partial charge on any atom is -0.481 e. The first kappa shape index (κ1) is 26.6. The zero-order chi connectivity index (χ0) is 18.5. The molecule has 0 aromatic heterocycles. The molecule has 0 heterocycles. The van der Waals surface area contributed by atoms with E-state index in [2.05, 4.69) is 18.6 Å². The molecule has 0 radical (unpaired) electrons. The van der Waals surface area contributed by atoms with Crippen molar-refractivity contribution in [2.24, 2.45) is 0 Å². The number of rotatable bonds is 11. The van der Waals surface area contributed by atoms with Gasteiger partial charge in [0.05, 0.1) is 32.8 Å². The van der Waals surface area contributed by atoms with Crippen LogP contribution in [0, 0.1) is 0 Å². The summed E-state index contributed by atoms with van der Waals surface area (Å²) in [5.74, 6) is -2.85. The molecule has 9 nitrogen and oxygen atoms in total. The summed E-state index contributed by atoms with van der Waals surface area (Å²) in [6, 6.07) is 0. The van der Waals surface area contributed by atoms with Crippen LogP contribution in [0.4, 0.5) is 0 Å². The normalized spacial score (nSPS) is 10.7. The maximum Gasteiger partial charge on any atom is 0.333 e.